The van der Waals surface area contributed by atoms with Crippen LogP contribution in [-0.2, 0) is 6.18 Å². The van der Waals surface area contributed by atoms with Crippen molar-refractivity contribution in [2.24, 2.45) is 0 Å². The Morgan fingerprint density at radius 1 is 1.27 bits per heavy atom. The van der Waals surface area contributed by atoms with Crippen LogP contribution in [0.15, 0.2) is 13.6 Å². The van der Waals surface area contributed by atoms with Gasteiger partial charge < -0.3 is 8.83 Å². The van der Waals surface area contributed by atoms with Crippen molar-refractivity contribution < 1.29 is 22.0 Å². The van der Waals surface area contributed by atoms with Gasteiger partial charge in [-0.25, -0.2) is 4.79 Å². The number of halogens is 3. The second kappa shape index (κ2) is 2.14. The van der Waals surface area contributed by atoms with E-state index in [4.69, 9.17) is 0 Å². The number of hydrogen-bond donors (Lipinski definition) is 0. The molecule has 0 saturated heterocycles. The Labute approximate surface area is 58.4 Å². The molecule has 0 spiro atoms. The molecule has 0 amide bonds. The topological polar surface area (TPSA) is 43.4 Å². The van der Waals surface area contributed by atoms with Gasteiger partial charge >= 0.3 is 12.0 Å². The average Bonchev–Trinajstić information content (AvgIpc) is 2.08. The van der Waals surface area contributed by atoms with E-state index in [2.05, 4.69) is 8.83 Å². The van der Waals surface area contributed by atoms with Gasteiger partial charge in [-0.15, -0.1) is 0 Å². The molecule has 1 rings (SSSR count). The highest BCUT2D eigenvalue weighted by Gasteiger charge is 2.38. The van der Waals surface area contributed by atoms with E-state index in [1.165, 1.54) is 0 Å². The summed E-state index contributed by atoms with van der Waals surface area (Å²) in [5.41, 5.74) is 0. The number of rotatable bonds is 0. The first kappa shape index (κ1) is 7.90. The molecule has 1 heterocycles. The summed E-state index contributed by atoms with van der Waals surface area (Å²) in [7, 11) is 0. The maximum Gasteiger partial charge on any atom is 0.519 e. The summed E-state index contributed by atoms with van der Waals surface area (Å²) in [4.78, 5) is 10.1. The van der Waals surface area contributed by atoms with Crippen LogP contribution in [0.1, 0.15) is 11.5 Å². The fourth-order valence-corrected chi connectivity index (χ4v) is 0.605. The Kier molecular flexibility index (Phi) is 1.54. The molecular formula is C5H3F3O3. The quantitative estimate of drug-likeness (QED) is 0.590. The normalized spacial score (nSPS) is 12.0. The van der Waals surface area contributed by atoms with Crippen molar-refractivity contribution in [2.45, 2.75) is 13.1 Å². The SMILES string of the molecule is Cc1oc(=O)oc1C(F)(F)F. The molecule has 1 aromatic heterocycles. The van der Waals surface area contributed by atoms with Gasteiger partial charge in [0.1, 0.15) is 0 Å². The maximum absolute atomic E-state index is 11.8. The summed E-state index contributed by atoms with van der Waals surface area (Å²) >= 11 is 0. The van der Waals surface area contributed by atoms with Gasteiger partial charge in [0.25, 0.3) is 5.76 Å². The van der Waals surface area contributed by atoms with Crippen LogP contribution in [0.25, 0.3) is 0 Å². The van der Waals surface area contributed by atoms with Crippen LogP contribution in [0.4, 0.5) is 13.2 Å². The smallest absolute Gasteiger partial charge is 0.396 e. The van der Waals surface area contributed by atoms with Crippen molar-refractivity contribution in [3.8, 4) is 0 Å². The zero-order valence-corrected chi connectivity index (χ0v) is 5.36. The summed E-state index contributed by atoms with van der Waals surface area (Å²) in [6.45, 7) is 1.01. The van der Waals surface area contributed by atoms with E-state index in [0.717, 1.165) is 6.92 Å². The Balaban J connectivity index is 3.24. The van der Waals surface area contributed by atoms with Gasteiger partial charge in [0.05, 0.1) is 0 Å². The monoisotopic (exact) mass is 168 g/mol. The van der Waals surface area contributed by atoms with E-state index < -0.39 is 23.5 Å². The zero-order chi connectivity index (χ0) is 8.65. The Morgan fingerprint density at radius 3 is 2.00 bits per heavy atom. The van der Waals surface area contributed by atoms with Gasteiger partial charge in [-0.05, 0) is 6.92 Å². The Morgan fingerprint density at radius 2 is 1.82 bits per heavy atom. The average molecular weight is 168 g/mol. The lowest BCUT2D eigenvalue weighted by Crippen LogP contribution is -2.05. The van der Waals surface area contributed by atoms with Crippen LogP contribution in [0.5, 0.6) is 0 Å². The van der Waals surface area contributed by atoms with Crippen molar-refractivity contribution in [2.75, 3.05) is 0 Å². The van der Waals surface area contributed by atoms with Crippen LogP contribution in [-0.4, -0.2) is 0 Å². The molecule has 0 N–H and O–H groups in total. The van der Waals surface area contributed by atoms with Crippen LogP contribution in [0.3, 0.4) is 0 Å². The molecule has 0 fully saturated rings. The third kappa shape index (κ3) is 1.44. The lowest BCUT2D eigenvalue weighted by atomic mass is 10.4. The summed E-state index contributed by atoms with van der Waals surface area (Å²) in [6, 6.07) is 0. The number of alkyl halides is 3. The van der Waals surface area contributed by atoms with Crippen LogP contribution < -0.4 is 5.82 Å². The van der Waals surface area contributed by atoms with E-state index in [1.54, 1.807) is 0 Å². The number of aryl methyl sites for hydroxylation is 1. The van der Waals surface area contributed by atoms with Crippen LogP contribution in [0.2, 0.25) is 0 Å². The fourth-order valence-electron chi connectivity index (χ4n) is 0.605. The molecule has 62 valence electrons. The van der Waals surface area contributed by atoms with Crippen molar-refractivity contribution >= 4 is 0 Å². The first-order valence-corrected chi connectivity index (χ1v) is 2.59. The van der Waals surface area contributed by atoms with Crippen molar-refractivity contribution in [1.29, 1.82) is 0 Å². The third-order valence-electron chi connectivity index (χ3n) is 0.999. The minimum absolute atomic E-state index is 0.553. The summed E-state index contributed by atoms with van der Waals surface area (Å²) in [5.74, 6) is -3.26. The van der Waals surface area contributed by atoms with Gasteiger partial charge in [0.2, 0.25) is 0 Å². The second-order valence-electron chi connectivity index (χ2n) is 1.84. The first-order valence-electron chi connectivity index (χ1n) is 2.59. The predicted octanol–water partition coefficient (Wildman–Crippen LogP) is 1.56. The highest BCUT2D eigenvalue weighted by Crippen LogP contribution is 2.30. The molecule has 3 nitrogen and oxygen atoms in total. The summed E-state index contributed by atoms with van der Waals surface area (Å²) < 4.78 is 43.0. The second-order valence-corrected chi connectivity index (χ2v) is 1.84. The molecule has 0 bridgehead atoms. The zero-order valence-electron chi connectivity index (χ0n) is 5.36. The van der Waals surface area contributed by atoms with Gasteiger partial charge in [-0.1, -0.05) is 0 Å². The number of hydrogen-bond acceptors (Lipinski definition) is 3. The Hall–Kier alpha value is -1.20. The van der Waals surface area contributed by atoms with Crippen LogP contribution in [0, 0.1) is 6.92 Å². The van der Waals surface area contributed by atoms with Crippen molar-refractivity contribution in [1.82, 2.24) is 0 Å². The molecule has 0 aromatic carbocycles. The molecule has 11 heavy (non-hydrogen) atoms. The van der Waals surface area contributed by atoms with E-state index in [9.17, 15) is 18.0 Å². The van der Waals surface area contributed by atoms with E-state index >= 15 is 0 Å². The van der Waals surface area contributed by atoms with Crippen LogP contribution >= 0.6 is 0 Å². The molecule has 6 heteroatoms. The predicted molar refractivity (Wildman–Crippen MR) is 27.0 cm³/mol. The highest BCUT2D eigenvalue weighted by molar-refractivity contribution is 5.04. The largest absolute Gasteiger partial charge is 0.519 e. The maximum atomic E-state index is 11.8. The summed E-state index contributed by atoms with van der Waals surface area (Å²) in [6.07, 6.45) is -4.66. The van der Waals surface area contributed by atoms with Crippen molar-refractivity contribution in [3.63, 3.8) is 0 Å². The highest BCUT2D eigenvalue weighted by atomic mass is 19.4. The van der Waals surface area contributed by atoms with E-state index in [-0.39, 0.29) is 0 Å². The van der Waals surface area contributed by atoms with Gasteiger partial charge in [0.15, 0.2) is 5.76 Å². The molecular weight excluding hydrogens is 165 g/mol. The molecule has 0 aliphatic carbocycles. The van der Waals surface area contributed by atoms with E-state index in [0.29, 0.717) is 0 Å². The third-order valence-corrected chi connectivity index (χ3v) is 0.999. The lowest BCUT2D eigenvalue weighted by Gasteiger charge is -1.98. The van der Waals surface area contributed by atoms with Crippen molar-refractivity contribution in [3.05, 3.63) is 22.1 Å². The fraction of sp³-hybridized carbons (Fsp3) is 0.400. The van der Waals surface area contributed by atoms with Gasteiger partial charge in [-0.2, -0.15) is 13.2 Å². The standard InChI is InChI=1S/C5H3F3O3/c1-2-3(5(6,7)8)11-4(9)10-2/h1H3. The molecule has 1 aromatic rings. The molecule has 0 radical (unpaired) electrons. The lowest BCUT2D eigenvalue weighted by molar-refractivity contribution is -0.154. The minimum Gasteiger partial charge on any atom is -0.396 e. The summed E-state index contributed by atoms with van der Waals surface area (Å²) in [5, 5.41) is 0. The first-order chi connectivity index (χ1) is 4.91. The van der Waals surface area contributed by atoms with Gasteiger partial charge in [-0.3, -0.25) is 0 Å². The minimum atomic E-state index is -4.66. The molecule has 0 atom stereocenters. The molecule has 0 unspecified atom stereocenters. The van der Waals surface area contributed by atoms with E-state index in [1.807, 2.05) is 0 Å². The van der Waals surface area contributed by atoms with Gasteiger partial charge in [0, 0.05) is 0 Å². The molecule has 0 aliphatic heterocycles. The Bertz CT molecular complexity index is 306. The molecule has 0 aliphatic rings. The molecule has 0 saturated carbocycles.